The van der Waals surface area contributed by atoms with Crippen molar-refractivity contribution in [3.8, 4) is 5.75 Å². The van der Waals surface area contributed by atoms with Crippen molar-refractivity contribution in [3.63, 3.8) is 0 Å². The van der Waals surface area contributed by atoms with Crippen molar-refractivity contribution in [3.05, 3.63) is 29.6 Å². The average Bonchev–Trinajstić information content (AvgIpc) is 2.61. The molecule has 100 valence electrons. The third-order valence-electron chi connectivity index (χ3n) is 3.80. The van der Waals surface area contributed by atoms with Gasteiger partial charge in [-0.1, -0.05) is 25.7 Å². The minimum Gasteiger partial charge on any atom is -0.508 e. The highest BCUT2D eigenvalue weighted by Gasteiger charge is 2.17. The summed E-state index contributed by atoms with van der Waals surface area (Å²) < 4.78 is 13.2. The van der Waals surface area contributed by atoms with Crippen LogP contribution in [0.15, 0.2) is 18.2 Å². The summed E-state index contributed by atoms with van der Waals surface area (Å²) in [6, 6.07) is 4.62. The summed E-state index contributed by atoms with van der Waals surface area (Å²) in [7, 11) is 0. The van der Waals surface area contributed by atoms with Crippen molar-refractivity contribution in [2.24, 2.45) is 0 Å². The van der Waals surface area contributed by atoms with Crippen LogP contribution in [0.3, 0.4) is 0 Å². The Morgan fingerprint density at radius 3 is 2.56 bits per heavy atom. The van der Waals surface area contributed by atoms with Gasteiger partial charge in [-0.3, -0.25) is 0 Å². The van der Waals surface area contributed by atoms with E-state index in [2.05, 4.69) is 5.32 Å². The van der Waals surface area contributed by atoms with E-state index in [4.69, 9.17) is 0 Å². The molecule has 0 heterocycles. The fourth-order valence-corrected chi connectivity index (χ4v) is 2.76. The van der Waals surface area contributed by atoms with E-state index < -0.39 is 0 Å². The lowest BCUT2D eigenvalue weighted by molar-refractivity contribution is 0.397. The van der Waals surface area contributed by atoms with Crippen LogP contribution in [0.5, 0.6) is 5.75 Å². The maximum absolute atomic E-state index is 13.2. The molecule has 2 rings (SSSR count). The molecule has 0 saturated heterocycles. The van der Waals surface area contributed by atoms with E-state index in [1.165, 1.54) is 56.7 Å². The van der Waals surface area contributed by atoms with Gasteiger partial charge >= 0.3 is 0 Å². The maximum atomic E-state index is 13.2. The third kappa shape index (κ3) is 3.45. The summed E-state index contributed by atoms with van der Waals surface area (Å²) in [6.45, 7) is 1.99. The minimum atomic E-state index is -0.294. The van der Waals surface area contributed by atoms with Crippen molar-refractivity contribution in [1.29, 1.82) is 0 Å². The number of phenols is 1. The summed E-state index contributed by atoms with van der Waals surface area (Å²) in [6.07, 6.45) is 7.52. The fraction of sp³-hybridized carbons (Fsp3) is 0.600. The maximum Gasteiger partial charge on any atom is 0.123 e. The van der Waals surface area contributed by atoms with Crippen LogP contribution in [0.2, 0.25) is 0 Å². The number of halogens is 1. The normalized spacial score (nSPS) is 19.4. The Morgan fingerprint density at radius 1 is 1.22 bits per heavy atom. The van der Waals surface area contributed by atoms with Gasteiger partial charge in [0.05, 0.1) is 0 Å². The van der Waals surface area contributed by atoms with Crippen LogP contribution in [0, 0.1) is 5.82 Å². The summed E-state index contributed by atoms with van der Waals surface area (Å²) >= 11 is 0. The van der Waals surface area contributed by atoms with E-state index in [-0.39, 0.29) is 17.6 Å². The summed E-state index contributed by atoms with van der Waals surface area (Å²) in [4.78, 5) is 0. The van der Waals surface area contributed by atoms with Gasteiger partial charge in [0.1, 0.15) is 11.6 Å². The molecule has 1 aliphatic rings. The SMILES string of the molecule is CC(NC1CCCCCC1)c1cc(F)ccc1O. The molecule has 1 unspecified atom stereocenters. The largest absolute Gasteiger partial charge is 0.508 e. The number of benzene rings is 1. The highest BCUT2D eigenvalue weighted by atomic mass is 19.1. The van der Waals surface area contributed by atoms with Gasteiger partial charge in [0.15, 0.2) is 0 Å². The number of hydrogen-bond acceptors (Lipinski definition) is 2. The van der Waals surface area contributed by atoms with Gasteiger partial charge in [-0.25, -0.2) is 4.39 Å². The molecule has 1 saturated carbocycles. The Kier molecular flexibility index (Phi) is 4.59. The Bertz CT molecular complexity index is 386. The first-order valence-electron chi connectivity index (χ1n) is 6.91. The molecule has 1 atom stereocenters. The molecule has 0 amide bonds. The highest BCUT2D eigenvalue weighted by Crippen LogP contribution is 2.27. The zero-order valence-corrected chi connectivity index (χ0v) is 11.0. The summed E-state index contributed by atoms with van der Waals surface area (Å²) in [5, 5.41) is 13.3. The van der Waals surface area contributed by atoms with Crippen LogP contribution in [0.25, 0.3) is 0 Å². The lowest BCUT2D eigenvalue weighted by atomic mass is 10.0. The first-order chi connectivity index (χ1) is 8.66. The standard InChI is InChI=1S/C15H22FNO/c1-11(14-10-12(16)8-9-15(14)18)17-13-6-4-2-3-5-7-13/h8-11,13,17-18H,2-7H2,1H3. The van der Waals surface area contributed by atoms with Gasteiger partial charge in [-0.15, -0.1) is 0 Å². The molecule has 1 fully saturated rings. The third-order valence-corrected chi connectivity index (χ3v) is 3.80. The number of rotatable bonds is 3. The first kappa shape index (κ1) is 13.3. The van der Waals surface area contributed by atoms with Crippen molar-refractivity contribution in [2.45, 2.75) is 57.5 Å². The molecule has 1 aromatic rings. The topological polar surface area (TPSA) is 32.3 Å². The monoisotopic (exact) mass is 251 g/mol. The van der Waals surface area contributed by atoms with Crippen LogP contribution in [0.1, 0.15) is 57.1 Å². The molecule has 0 radical (unpaired) electrons. The molecule has 1 aliphatic carbocycles. The Balaban J connectivity index is 2.01. The van der Waals surface area contributed by atoms with Gasteiger partial charge < -0.3 is 10.4 Å². The Labute approximate surface area is 108 Å². The van der Waals surface area contributed by atoms with Crippen molar-refractivity contribution >= 4 is 0 Å². The first-order valence-corrected chi connectivity index (χ1v) is 6.91. The van der Waals surface area contributed by atoms with Gasteiger partial charge in [0, 0.05) is 17.6 Å². The molecule has 18 heavy (non-hydrogen) atoms. The molecule has 0 spiro atoms. The zero-order chi connectivity index (χ0) is 13.0. The molecule has 2 nitrogen and oxygen atoms in total. The predicted octanol–water partition coefficient (Wildman–Crippen LogP) is 3.90. The van der Waals surface area contributed by atoms with Crippen molar-refractivity contribution < 1.29 is 9.50 Å². The summed E-state index contributed by atoms with van der Waals surface area (Å²) in [5.41, 5.74) is 0.652. The molecule has 2 N–H and O–H groups in total. The molecule has 0 aliphatic heterocycles. The summed E-state index contributed by atoms with van der Waals surface area (Å²) in [5.74, 6) is -0.123. The molecule has 0 bridgehead atoms. The van der Waals surface area contributed by atoms with E-state index >= 15 is 0 Å². The molecular weight excluding hydrogens is 229 g/mol. The zero-order valence-electron chi connectivity index (χ0n) is 11.0. The van der Waals surface area contributed by atoms with Crippen molar-refractivity contribution in [1.82, 2.24) is 5.32 Å². The van der Waals surface area contributed by atoms with Crippen molar-refractivity contribution in [2.75, 3.05) is 0 Å². The number of hydrogen-bond donors (Lipinski definition) is 2. The fourth-order valence-electron chi connectivity index (χ4n) is 2.76. The lowest BCUT2D eigenvalue weighted by Crippen LogP contribution is -2.31. The van der Waals surface area contributed by atoms with Crippen LogP contribution >= 0.6 is 0 Å². The number of phenolic OH excluding ortho intramolecular Hbond substituents is 1. The van der Waals surface area contributed by atoms with Gasteiger partial charge in [-0.05, 0) is 38.0 Å². The van der Waals surface area contributed by atoms with E-state index in [0.717, 1.165) is 0 Å². The van der Waals surface area contributed by atoms with E-state index in [1.54, 1.807) is 0 Å². The second kappa shape index (κ2) is 6.19. The average molecular weight is 251 g/mol. The predicted molar refractivity (Wildman–Crippen MR) is 71.1 cm³/mol. The molecular formula is C15H22FNO. The van der Waals surface area contributed by atoms with Gasteiger partial charge in [0.2, 0.25) is 0 Å². The minimum absolute atomic E-state index is 0.0104. The highest BCUT2D eigenvalue weighted by molar-refractivity contribution is 5.34. The van der Waals surface area contributed by atoms with Crippen LogP contribution in [-0.4, -0.2) is 11.1 Å². The Hall–Kier alpha value is -1.09. The number of nitrogens with one attached hydrogen (secondary N) is 1. The molecule has 1 aromatic carbocycles. The second-order valence-electron chi connectivity index (χ2n) is 5.28. The van der Waals surface area contributed by atoms with Crippen LogP contribution < -0.4 is 5.32 Å². The van der Waals surface area contributed by atoms with E-state index in [0.29, 0.717) is 11.6 Å². The Morgan fingerprint density at radius 2 is 1.89 bits per heavy atom. The smallest absolute Gasteiger partial charge is 0.123 e. The van der Waals surface area contributed by atoms with Crippen LogP contribution in [0.4, 0.5) is 4.39 Å². The van der Waals surface area contributed by atoms with E-state index in [9.17, 15) is 9.50 Å². The molecule has 0 aromatic heterocycles. The van der Waals surface area contributed by atoms with Gasteiger partial charge in [0.25, 0.3) is 0 Å². The lowest BCUT2D eigenvalue weighted by Gasteiger charge is -2.23. The van der Waals surface area contributed by atoms with Crippen LogP contribution in [-0.2, 0) is 0 Å². The van der Waals surface area contributed by atoms with Gasteiger partial charge in [-0.2, -0.15) is 0 Å². The molecule has 3 heteroatoms. The quantitative estimate of drug-likeness (QED) is 0.798. The van der Waals surface area contributed by atoms with E-state index in [1.807, 2.05) is 6.92 Å². The number of aromatic hydroxyl groups is 1. The second-order valence-corrected chi connectivity index (χ2v) is 5.28.